The molecule has 7 heteroatoms. The predicted octanol–water partition coefficient (Wildman–Crippen LogP) is 3.59. The van der Waals surface area contributed by atoms with E-state index in [-0.39, 0.29) is 0 Å². The van der Waals surface area contributed by atoms with Crippen LogP contribution in [0.3, 0.4) is 0 Å². The minimum Gasteiger partial charge on any atom is -0.439 e. The number of nitrogens with one attached hydrogen (secondary N) is 1. The van der Waals surface area contributed by atoms with Crippen LogP contribution in [0.25, 0.3) is 4.96 Å². The predicted molar refractivity (Wildman–Crippen MR) is 85.0 cm³/mol. The number of oxazole rings is 1. The Labute approximate surface area is 131 Å². The Hall–Kier alpha value is -1.31. The third kappa shape index (κ3) is 3.30. The summed E-state index contributed by atoms with van der Waals surface area (Å²) in [5, 5.41) is 7.13. The zero-order chi connectivity index (χ0) is 14.8. The topological polar surface area (TPSA) is 55.4 Å². The molecular formula is C14H18N4OS2. The van der Waals surface area contributed by atoms with Gasteiger partial charge in [-0.2, -0.15) is 0 Å². The van der Waals surface area contributed by atoms with Crippen LogP contribution >= 0.6 is 23.1 Å². The van der Waals surface area contributed by atoms with Crippen molar-refractivity contribution in [1.29, 1.82) is 0 Å². The van der Waals surface area contributed by atoms with Crippen molar-refractivity contribution in [2.45, 2.75) is 37.6 Å². The van der Waals surface area contributed by atoms with E-state index in [4.69, 9.17) is 4.42 Å². The molecular weight excluding hydrogens is 304 g/mol. The van der Waals surface area contributed by atoms with E-state index >= 15 is 0 Å². The molecule has 0 bridgehead atoms. The van der Waals surface area contributed by atoms with Crippen LogP contribution in [0.1, 0.15) is 25.2 Å². The van der Waals surface area contributed by atoms with Gasteiger partial charge in [-0.25, -0.2) is 9.97 Å². The summed E-state index contributed by atoms with van der Waals surface area (Å²) in [6.45, 7) is 8.10. The summed E-state index contributed by atoms with van der Waals surface area (Å²) in [7, 11) is 0. The maximum Gasteiger partial charge on any atom is 0.262 e. The summed E-state index contributed by atoms with van der Waals surface area (Å²) < 4.78 is 7.56. The molecule has 0 atom stereocenters. The van der Waals surface area contributed by atoms with Crippen LogP contribution in [-0.4, -0.2) is 20.9 Å². The van der Waals surface area contributed by atoms with Gasteiger partial charge in [-0.1, -0.05) is 13.8 Å². The number of hydrogen-bond acceptors (Lipinski definition) is 6. The van der Waals surface area contributed by atoms with Crippen LogP contribution < -0.4 is 5.32 Å². The van der Waals surface area contributed by atoms with Crippen molar-refractivity contribution in [3.05, 3.63) is 29.2 Å². The van der Waals surface area contributed by atoms with Crippen molar-refractivity contribution in [3.8, 4) is 0 Å². The Morgan fingerprint density at radius 2 is 2.29 bits per heavy atom. The first-order chi connectivity index (χ1) is 10.1. The zero-order valence-electron chi connectivity index (χ0n) is 12.3. The van der Waals surface area contributed by atoms with Gasteiger partial charge in [0.25, 0.3) is 5.22 Å². The Morgan fingerprint density at radius 1 is 1.43 bits per heavy atom. The molecule has 0 aliphatic rings. The number of aryl methyl sites for hydroxylation is 1. The number of aromatic nitrogens is 3. The van der Waals surface area contributed by atoms with E-state index in [1.54, 1.807) is 17.6 Å². The molecule has 21 heavy (non-hydrogen) atoms. The van der Waals surface area contributed by atoms with Gasteiger partial charge in [0.1, 0.15) is 11.3 Å². The summed E-state index contributed by atoms with van der Waals surface area (Å²) in [5.41, 5.74) is 2.05. The smallest absolute Gasteiger partial charge is 0.262 e. The van der Waals surface area contributed by atoms with Crippen LogP contribution in [0.5, 0.6) is 0 Å². The summed E-state index contributed by atoms with van der Waals surface area (Å²) in [4.78, 5) is 10.0. The van der Waals surface area contributed by atoms with E-state index in [9.17, 15) is 0 Å². The number of hydrogen-bond donors (Lipinski definition) is 1. The standard InChI is InChI=1S/C14H18N4OS2/c1-9(2)6-15-7-11-12(17-13-18(11)4-5-20-13)21-14-16-10(3)8-19-14/h4-5,8-9,15H,6-7H2,1-3H3. The molecule has 1 N–H and O–H groups in total. The highest BCUT2D eigenvalue weighted by Gasteiger charge is 2.16. The number of rotatable bonds is 6. The molecule has 0 aliphatic carbocycles. The van der Waals surface area contributed by atoms with E-state index in [0.717, 1.165) is 34.5 Å². The fraction of sp³-hybridized carbons (Fsp3) is 0.429. The molecule has 3 rings (SSSR count). The number of nitrogens with zero attached hydrogens (tertiary/aromatic N) is 3. The summed E-state index contributed by atoms with van der Waals surface area (Å²) >= 11 is 3.12. The first kappa shape index (κ1) is 14.6. The van der Waals surface area contributed by atoms with E-state index in [2.05, 4.69) is 45.1 Å². The lowest BCUT2D eigenvalue weighted by atomic mass is 10.2. The zero-order valence-corrected chi connectivity index (χ0v) is 13.9. The first-order valence-corrected chi connectivity index (χ1v) is 8.58. The van der Waals surface area contributed by atoms with Gasteiger partial charge in [0.2, 0.25) is 0 Å². The van der Waals surface area contributed by atoms with Crippen molar-refractivity contribution in [3.63, 3.8) is 0 Å². The van der Waals surface area contributed by atoms with Crippen LogP contribution in [0.2, 0.25) is 0 Å². The second-order valence-electron chi connectivity index (χ2n) is 5.30. The SMILES string of the molecule is Cc1coc(Sc2nc3sccn3c2CNCC(C)C)n1. The van der Waals surface area contributed by atoms with Gasteiger partial charge in [-0.3, -0.25) is 4.40 Å². The van der Waals surface area contributed by atoms with Crippen LogP contribution in [0.4, 0.5) is 0 Å². The van der Waals surface area contributed by atoms with E-state index in [1.807, 2.05) is 6.92 Å². The van der Waals surface area contributed by atoms with Gasteiger partial charge >= 0.3 is 0 Å². The van der Waals surface area contributed by atoms with Gasteiger partial charge in [0.15, 0.2) is 4.96 Å². The molecule has 3 aromatic heterocycles. The quantitative estimate of drug-likeness (QED) is 0.751. The minimum absolute atomic E-state index is 0.626. The van der Waals surface area contributed by atoms with Gasteiger partial charge in [-0.05, 0) is 31.1 Å². The Morgan fingerprint density at radius 3 is 3.00 bits per heavy atom. The Balaban J connectivity index is 1.84. The van der Waals surface area contributed by atoms with Gasteiger partial charge < -0.3 is 9.73 Å². The van der Waals surface area contributed by atoms with Crippen LogP contribution in [0.15, 0.2) is 32.5 Å². The molecule has 112 valence electrons. The Bertz CT molecular complexity index is 728. The van der Waals surface area contributed by atoms with Crippen LogP contribution in [-0.2, 0) is 6.54 Å². The van der Waals surface area contributed by atoms with Gasteiger partial charge in [0, 0.05) is 18.1 Å². The number of imidazole rings is 1. The molecule has 5 nitrogen and oxygen atoms in total. The third-order valence-electron chi connectivity index (χ3n) is 2.95. The first-order valence-electron chi connectivity index (χ1n) is 6.88. The lowest BCUT2D eigenvalue weighted by molar-refractivity contribution is 0.453. The average molecular weight is 322 g/mol. The van der Waals surface area contributed by atoms with Crippen molar-refractivity contribution >= 4 is 28.1 Å². The molecule has 0 amide bonds. The lowest BCUT2D eigenvalue weighted by Crippen LogP contribution is -2.20. The Kier molecular flexibility index (Phi) is 4.32. The fourth-order valence-electron chi connectivity index (χ4n) is 2.00. The molecule has 0 unspecified atom stereocenters. The molecule has 3 aromatic rings. The third-order valence-corrected chi connectivity index (χ3v) is 4.59. The van der Waals surface area contributed by atoms with E-state index < -0.39 is 0 Å². The second-order valence-corrected chi connectivity index (χ2v) is 7.11. The highest BCUT2D eigenvalue weighted by Crippen LogP contribution is 2.31. The number of thiazole rings is 1. The minimum atomic E-state index is 0.626. The highest BCUT2D eigenvalue weighted by atomic mass is 32.2. The van der Waals surface area contributed by atoms with E-state index in [1.165, 1.54) is 11.8 Å². The van der Waals surface area contributed by atoms with Crippen molar-refractivity contribution in [2.24, 2.45) is 5.92 Å². The van der Waals surface area contributed by atoms with Crippen LogP contribution in [0, 0.1) is 12.8 Å². The van der Waals surface area contributed by atoms with Crippen molar-refractivity contribution in [2.75, 3.05) is 6.54 Å². The van der Waals surface area contributed by atoms with Crippen molar-refractivity contribution < 1.29 is 4.42 Å². The second kappa shape index (κ2) is 6.21. The largest absolute Gasteiger partial charge is 0.439 e. The average Bonchev–Trinajstić information content (AvgIpc) is 3.09. The van der Waals surface area contributed by atoms with E-state index in [0.29, 0.717) is 11.1 Å². The molecule has 0 saturated carbocycles. The normalized spacial score (nSPS) is 11.8. The molecule has 0 spiro atoms. The fourth-order valence-corrected chi connectivity index (χ4v) is 3.66. The molecule has 0 saturated heterocycles. The lowest BCUT2D eigenvalue weighted by Gasteiger charge is -2.07. The maximum atomic E-state index is 5.42. The summed E-state index contributed by atoms with van der Waals surface area (Å²) in [6.07, 6.45) is 3.72. The maximum absolute atomic E-state index is 5.42. The molecule has 0 aliphatic heterocycles. The molecule has 0 fully saturated rings. The molecule has 0 aromatic carbocycles. The highest BCUT2D eigenvalue weighted by molar-refractivity contribution is 7.99. The monoisotopic (exact) mass is 322 g/mol. The summed E-state index contributed by atoms with van der Waals surface area (Å²) in [6, 6.07) is 0. The number of fused-ring (bicyclic) bond motifs is 1. The van der Waals surface area contributed by atoms with Gasteiger partial charge in [0.05, 0.1) is 11.4 Å². The summed E-state index contributed by atoms with van der Waals surface area (Å²) in [5.74, 6) is 0.626. The van der Waals surface area contributed by atoms with Crippen molar-refractivity contribution in [1.82, 2.24) is 19.7 Å². The molecule has 0 radical (unpaired) electrons. The molecule has 3 heterocycles. The van der Waals surface area contributed by atoms with Gasteiger partial charge in [-0.15, -0.1) is 11.3 Å².